The van der Waals surface area contributed by atoms with Crippen molar-refractivity contribution in [3.8, 4) is 0 Å². The Morgan fingerprint density at radius 2 is 1.03 bits per heavy atom. The highest BCUT2D eigenvalue weighted by atomic mass is 28.4. The summed E-state index contributed by atoms with van der Waals surface area (Å²) in [6.45, 7) is 11.3. The summed E-state index contributed by atoms with van der Waals surface area (Å²) in [6, 6.07) is 0.459. The molecule has 168 valence electrons. The Kier molecular flexibility index (Phi) is 10.00. The van der Waals surface area contributed by atoms with Gasteiger partial charge in [0, 0.05) is 30.9 Å². The fourth-order valence-electron chi connectivity index (χ4n) is 2.78. The third-order valence-electron chi connectivity index (χ3n) is 3.67. The highest BCUT2D eigenvalue weighted by Crippen LogP contribution is 2.28. The Hall–Kier alpha value is -1.23. The molecule has 1 rings (SSSR count). The minimum absolute atomic E-state index is 0.00781. The highest BCUT2D eigenvalue weighted by Gasteiger charge is 2.43. The average Bonchev–Trinajstić information content (AvgIpc) is 2.58. The van der Waals surface area contributed by atoms with Crippen LogP contribution in [0.15, 0.2) is 0 Å². The molecule has 0 saturated carbocycles. The van der Waals surface area contributed by atoms with Gasteiger partial charge in [-0.2, -0.15) is 0 Å². The molecule has 0 amide bonds. The first kappa shape index (κ1) is 25.8. The van der Waals surface area contributed by atoms with E-state index in [0.717, 1.165) is 0 Å². The third-order valence-corrected chi connectivity index (χ3v) is 7.12. The average molecular weight is 444 g/mol. The normalized spacial score (nSPS) is 12.5. The van der Waals surface area contributed by atoms with E-state index < -0.39 is 43.6 Å². The Labute approximate surface area is 170 Å². The predicted molar refractivity (Wildman–Crippen MR) is 103 cm³/mol. The first-order valence-corrected chi connectivity index (χ1v) is 11.6. The predicted octanol–water partition coefficient (Wildman–Crippen LogP) is 5.79. The molecule has 0 unspecified atom stereocenters. The molecule has 0 radical (unpaired) electrons. The van der Waals surface area contributed by atoms with Crippen LogP contribution < -0.4 is 5.32 Å². The van der Waals surface area contributed by atoms with Crippen molar-refractivity contribution in [2.45, 2.75) is 78.7 Å². The summed E-state index contributed by atoms with van der Waals surface area (Å²) in [6.07, 6.45) is 0.543. The van der Waals surface area contributed by atoms with Crippen molar-refractivity contribution in [3.63, 3.8) is 0 Å². The van der Waals surface area contributed by atoms with Gasteiger partial charge in [-0.3, -0.25) is 0 Å². The number of rotatable bonds is 12. The molecule has 0 saturated heterocycles. The Balaban J connectivity index is 2.77. The summed E-state index contributed by atoms with van der Waals surface area (Å²) in [5.41, 5.74) is -1.03. The number of hydrogen-bond acceptors (Lipinski definition) is 4. The van der Waals surface area contributed by atoms with Crippen LogP contribution in [-0.4, -0.2) is 33.7 Å². The molecule has 0 aliphatic heterocycles. The fourth-order valence-corrected chi connectivity index (χ4v) is 6.14. The van der Waals surface area contributed by atoms with Gasteiger partial charge >= 0.3 is 8.80 Å². The molecule has 1 aromatic rings. The molecule has 4 nitrogen and oxygen atoms in total. The molecule has 0 spiro atoms. The largest absolute Gasteiger partial charge is 0.501 e. The SMILES string of the molecule is CC(C)O[Si](CCCCNc1c(F)c(F)c(F)c(F)c1F)(OC(C)C)OC(C)C. The zero-order chi connectivity index (χ0) is 22.4. The molecule has 0 heterocycles. The van der Waals surface area contributed by atoms with E-state index in [9.17, 15) is 22.0 Å². The van der Waals surface area contributed by atoms with Crippen LogP contribution >= 0.6 is 0 Å². The Morgan fingerprint density at radius 3 is 1.41 bits per heavy atom. The molecular weight excluding hydrogens is 413 g/mol. The van der Waals surface area contributed by atoms with Gasteiger partial charge in [0.15, 0.2) is 23.3 Å². The third kappa shape index (κ3) is 7.51. The van der Waals surface area contributed by atoms with Gasteiger partial charge < -0.3 is 18.6 Å². The van der Waals surface area contributed by atoms with Crippen molar-refractivity contribution >= 4 is 14.5 Å². The van der Waals surface area contributed by atoms with Crippen LogP contribution in [0.3, 0.4) is 0 Å². The second kappa shape index (κ2) is 11.2. The maximum Gasteiger partial charge on any atom is 0.501 e. The first-order chi connectivity index (χ1) is 13.4. The molecule has 0 aliphatic rings. The minimum Gasteiger partial charge on any atom is -0.380 e. The zero-order valence-electron chi connectivity index (χ0n) is 17.7. The number of hydrogen-bond donors (Lipinski definition) is 1. The summed E-state index contributed by atoms with van der Waals surface area (Å²) in [4.78, 5) is 0. The highest BCUT2D eigenvalue weighted by molar-refractivity contribution is 6.60. The molecular formula is C19H30F5NO3Si. The van der Waals surface area contributed by atoms with Gasteiger partial charge in [-0.15, -0.1) is 0 Å². The summed E-state index contributed by atoms with van der Waals surface area (Å²) >= 11 is 0. The van der Waals surface area contributed by atoms with Crippen molar-refractivity contribution in [1.82, 2.24) is 0 Å². The number of unbranched alkanes of at least 4 members (excludes halogenated alkanes) is 1. The molecule has 0 aliphatic carbocycles. The molecule has 0 aromatic heterocycles. The number of anilines is 1. The van der Waals surface area contributed by atoms with E-state index in [1.807, 2.05) is 41.5 Å². The number of halogens is 5. The lowest BCUT2D eigenvalue weighted by Gasteiger charge is -2.34. The van der Waals surface area contributed by atoms with E-state index in [0.29, 0.717) is 18.9 Å². The summed E-state index contributed by atoms with van der Waals surface area (Å²) in [7, 11) is -3.01. The monoisotopic (exact) mass is 443 g/mol. The molecule has 0 atom stereocenters. The van der Waals surface area contributed by atoms with Crippen LogP contribution in [0.25, 0.3) is 0 Å². The van der Waals surface area contributed by atoms with Crippen LogP contribution in [0, 0.1) is 29.1 Å². The second-order valence-electron chi connectivity index (χ2n) is 7.51. The molecule has 0 fully saturated rings. The number of nitrogens with one attached hydrogen (secondary N) is 1. The lowest BCUT2D eigenvalue weighted by Crippen LogP contribution is -2.50. The van der Waals surface area contributed by atoms with Gasteiger partial charge in [-0.1, -0.05) is 0 Å². The van der Waals surface area contributed by atoms with Gasteiger partial charge in [0.1, 0.15) is 5.69 Å². The maximum absolute atomic E-state index is 13.7. The minimum atomic E-state index is -3.01. The van der Waals surface area contributed by atoms with Gasteiger partial charge in [0.2, 0.25) is 5.82 Å². The van der Waals surface area contributed by atoms with Gasteiger partial charge in [-0.25, -0.2) is 22.0 Å². The standard InChI is InChI=1S/C19H30F5NO3Si/c1-11(2)26-29(27-12(3)4,28-13(5)6)10-8-7-9-25-19-17(23)15(21)14(20)16(22)18(19)24/h11-13,25H,7-10H2,1-6H3. The second-order valence-corrected chi connectivity index (χ2v) is 10.1. The van der Waals surface area contributed by atoms with E-state index in [1.54, 1.807) is 0 Å². The van der Waals surface area contributed by atoms with Gasteiger partial charge in [-0.05, 0) is 54.4 Å². The van der Waals surface area contributed by atoms with Crippen LogP contribution in [0.1, 0.15) is 54.4 Å². The van der Waals surface area contributed by atoms with Crippen LogP contribution in [0.4, 0.5) is 27.6 Å². The van der Waals surface area contributed by atoms with E-state index in [4.69, 9.17) is 13.3 Å². The van der Waals surface area contributed by atoms with Crippen LogP contribution in [0.5, 0.6) is 0 Å². The summed E-state index contributed by atoms with van der Waals surface area (Å²) in [5.74, 6) is -9.87. The Morgan fingerprint density at radius 1 is 0.655 bits per heavy atom. The maximum atomic E-state index is 13.7. The molecule has 29 heavy (non-hydrogen) atoms. The number of benzene rings is 1. The van der Waals surface area contributed by atoms with E-state index in [-0.39, 0.29) is 24.9 Å². The van der Waals surface area contributed by atoms with Crippen LogP contribution in [0.2, 0.25) is 6.04 Å². The first-order valence-electron chi connectivity index (χ1n) is 9.69. The molecule has 10 heteroatoms. The smallest absolute Gasteiger partial charge is 0.380 e. The lowest BCUT2D eigenvalue weighted by atomic mass is 10.2. The van der Waals surface area contributed by atoms with Crippen molar-refractivity contribution < 1.29 is 35.2 Å². The summed E-state index contributed by atoms with van der Waals surface area (Å²) < 4.78 is 85.0. The molecule has 0 bridgehead atoms. The zero-order valence-corrected chi connectivity index (χ0v) is 18.7. The lowest BCUT2D eigenvalue weighted by molar-refractivity contribution is 0.00285. The van der Waals surface area contributed by atoms with Crippen molar-refractivity contribution in [3.05, 3.63) is 29.1 Å². The fraction of sp³-hybridized carbons (Fsp3) is 0.684. The van der Waals surface area contributed by atoms with Crippen molar-refractivity contribution in [2.75, 3.05) is 11.9 Å². The topological polar surface area (TPSA) is 39.7 Å². The van der Waals surface area contributed by atoms with Gasteiger partial charge in [0.25, 0.3) is 0 Å². The van der Waals surface area contributed by atoms with Crippen LogP contribution in [-0.2, 0) is 13.3 Å². The van der Waals surface area contributed by atoms with E-state index in [1.165, 1.54) is 0 Å². The summed E-state index contributed by atoms with van der Waals surface area (Å²) in [5, 5.41) is 2.30. The van der Waals surface area contributed by atoms with E-state index >= 15 is 0 Å². The van der Waals surface area contributed by atoms with Crippen molar-refractivity contribution in [1.29, 1.82) is 0 Å². The molecule has 1 N–H and O–H groups in total. The van der Waals surface area contributed by atoms with E-state index in [2.05, 4.69) is 5.32 Å². The Bertz CT molecular complexity index is 618. The quantitative estimate of drug-likeness (QED) is 0.146. The molecule has 1 aromatic carbocycles. The van der Waals surface area contributed by atoms with Crippen molar-refractivity contribution in [2.24, 2.45) is 0 Å². The van der Waals surface area contributed by atoms with Gasteiger partial charge in [0.05, 0.1) is 0 Å².